The summed E-state index contributed by atoms with van der Waals surface area (Å²) in [5.74, 6) is 5.71. The average molecular weight is 766 g/mol. The molecule has 2 fully saturated rings. The van der Waals surface area contributed by atoms with E-state index in [0.717, 1.165) is 85.8 Å². The van der Waals surface area contributed by atoms with Gasteiger partial charge in [-0.2, -0.15) is 0 Å². The fourth-order valence-electron chi connectivity index (χ4n) is 8.02. The standard InChI is InChI=1S/C23H30ClNO2.C21H32ClNOSi/c1-25(2)16-20-15-18(14-17-4-8-21(24)9-5-17)12-13-23(20,26)19-6-10-22(27-3)11-7-19;1-23(2)16-19-15-18(14-17-6-8-20(22)9-7-17)10-11-21(19,24)12-13-25(3,4)5/h4-11,18,20,26H,12-16H2,1-3H3;6-9,18-19,24H,10-11,14-16H2,1-5H3. The number of rotatable bonds is 10. The zero-order chi connectivity index (χ0) is 38.1. The van der Waals surface area contributed by atoms with Crippen LogP contribution in [0.3, 0.4) is 0 Å². The minimum Gasteiger partial charge on any atom is -0.497 e. The van der Waals surface area contributed by atoms with E-state index in [2.05, 4.69) is 93.4 Å². The fourth-order valence-corrected chi connectivity index (χ4v) is 8.86. The monoisotopic (exact) mass is 764 g/mol. The summed E-state index contributed by atoms with van der Waals surface area (Å²) in [5, 5.41) is 24.5. The van der Waals surface area contributed by atoms with Gasteiger partial charge in [0.15, 0.2) is 0 Å². The highest BCUT2D eigenvalue weighted by Crippen LogP contribution is 2.45. The fraction of sp³-hybridized carbons (Fsp3) is 0.545. The molecule has 8 heteroatoms. The van der Waals surface area contributed by atoms with E-state index in [1.54, 1.807) is 7.11 Å². The van der Waals surface area contributed by atoms with Crippen LogP contribution in [0.4, 0.5) is 0 Å². The lowest BCUT2D eigenvalue weighted by Crippen LogP contribution is -2.47. The molecule has 3 aromatic carbocycles. The molecule has 0 radical (unpaired) electrons. The molecule has 0 aromatic heterocycles. The molecule has 2 saturated carbocycles. The third-order valence-corrected chi connectivity index (χ3v) is 12.1. The average Bonchev–Trinajstić information content (AvgIpc) is 3.09. The van der Waals surface area contributed by atoms with Crippen LogP contribution in [0.25, 0.3) is 0 Å². The van der Waals surface area contributed by atoms with Gasteiger partial charge >= 0.3 is 0 Å². The normalized spacial score (nSPS) is 26.3. The maximum absolute atomic E-state index is 11.7. The molecule has 0 saturated heterocycles. The lowest BCUT2D eigenvalue weighted by atomic mass is 9.66. The smallest absolute Gasteiger partial charge is 0.129 e. The van der Waals surface area contributed by atoms with E-state index in [1.165, 1.54) is 11.1 Å². The molecular weight excluding hydrogens is 703 g/mol. The van der Waals surface area contributed by atoms with Crippen molar-refractivity contribution in [2.75, 3.05) is 48.4 Å². The molecular formula is C44H62Cl2N2O3Si. The summed E-state index contributed by atoms with van der Waals surface area (Å²) in [6.07, 6.45) is 7.76. The van der Waals surface area contributed by atoms with Gasteiger partial charge in [-0.15, -0.1) is 5.54 Å². The molecule has 2 aliphatic rings. The van der Waals surface area contributed by atoms with Crippen LogP contribution in [0, 0.1) is 35.1 Å². The highest BCUT2D eigenvalue weighted by molar-refractivity contribution is 6.83. The van der Waals surface area contributed by atoms with Gasteiger partial charge in [0.1, 0.15) is 19.4 Å². The van der Waals surface area contributed by atoms with Gasteiger partial charge in [0.25, 0.3) is 0 Å². The molecule has 6 unspecified atom stereocenters. The molecule has 5 rings (SSSR count). The Balaban J connectivity index is 0.000000234. The van der Waals surface area contributed by atoms with Crippen molar-refractivity contribution in [1.82, 2.24) is 9.80 Å². The van der Waals surface area contributed by atoms with Crippen LogP contribution in [0.1, 0.15) is 55.2 Å². The Morgan fingerprint density at radius 2 is 1.17 bits per heavy atom. The predicted octanol–water partition coefficient (Wildman–Crippen LogP) is 9.23. The van der Waals surface area contributed by atoms with Gasteiger partial charge in [-0.3, -0.25) is 0 Å². The topological polar surface area (TPSA) is 56.2 Å². The second kappa shape index (κ2) is 18.8. The molecule has 0 bridgehead atoms. The Hall–Kier alpha value is -2.34. The molecule has 284 valence electrons. The van der Waals surface area contributed by atoms with Crippen molar-refractivity contribution in [3.05, 3.63) is 99.5 Å². The summed E-state index contributed by atoms with van der Waals surface area (Å²) >= 11 is 12.0. The van der Waals surface area contributed by atoms with Crippen molar-refractivity contribution in [3.63, 3.8) is 0 Å². The SMILES string of the molecule is CN(C)CC1CC(Cc2ccc(Cl)cc2)CCC1(O)C#C[Si](C)(C)C.COc1ccc(C2(O)CCC(Cc3ccc(Cl)cc3)CC2CN(C)C)cc1. The van der Waals surface area contributed by atoms with Crippen molar-refractivity contribution >= 4 is 31.3 Å². The third-order valence-electron chi connectivity index (χ3n) is 10.7. The largest absolute Gasteiger partial charge is 0.497 e. The molecule has 3 aromatic rings. The quantitative estimate of drug-likeness (QED) is 0.159. The van der Waals surface area contributed by atoms with E-state index in [1.807, 2.05) is 48.5 Å². The molecule has 2 N–H and O–H groups in total. The summed E-state index contributed by atoms with van der Waals surface area (Å²) in [6, 6.07) is 24.3. The van der Waals surface area contributed by atoms with Crippen LogP contribution in [0.5, 0.6) is 5.75 Å². The van der Waals surface area contributed by atoms with Crippen LogP contribution in [-0.4, -0.2) is 82.1 Å². The van der Waals surface area contributed by atoms with Gasteiger partial charge < -0.3 is 24.7 Å². The second-order valence-electron chi connectivity index (χ2n) is 16.9. The Bertz CT molecular complexity index is 1600. The number of ether oxygens (including phenoxy) is 1. The second-order valence-corrected chi connectivity index (χ2v) is 22.6. The highest BCUT2D eigenvalue weighted by Gasteiger charge is 2.44. The van der Waals surface area contributed by atoms with E-state index in [9.17, 15) is 10.2 Å². The van der Waals surface area contributed by atoms with Crippen LogP contribution >= 0.6 is 23.2 Å². The van der Waals surface area contributed by atoms with Crippen molar-refractivity contribution < 1.29 is 14.9 Å². The first-order valence-corrected chi connectivity index (χ1v) is 23.2. The maximum Gasteiger partial charge on any atom is 0.129 e. The van der Waals surface area contributed by atoms with Crippen molar-refractivity contribution in [3.8, 4) is 17.2 Å². The molecule has 6 atom stereocenters. The Morgan fingerprint density at radius 1 is 0.712 bits per heavy atom. The zero-order valence-electron chi connectivity index (χ0n) is 32.8. The lowest BCUT2D eigenvalue weighted by molar-refractivity contribution is -0.0752. The zero-order valence-corrected chi connectivity index (χ0v) is 35.3. The maximum atomic E-state index is 11.7. The van der Waals surface area contributed by atoms with Gasteiger partial charge in [0, 0.05) is 35.0 Å². The first kappa shape index (κ1) is 42.4. The van der Waals surface area contributed by atoms with E-state index >= 15 is 0 Å². The number of aliphatic hydroxyl groups is 2. The number of methoxy groups -OCH3 is 1. The highest BCUT2D eigenvalue weighted by atomic mass is 35.5. The van der Waals surface area contributed by atoms with E-state index < -0.39 is 19.3 Å². The van der Waals surface area contributed by atoms with Gasteiger partial charge in [0.05, 0.1) is 12.7 Å². The van der Waals surface area contributed by atoms with Crippen LogP contribution < -0.4 is 4.74 Å². The van der Waals surface area contributed by atoms with Crippen molar-refractivity contribution in [1.29, 1.82) is 0 Å². The van der Waals surface area contributed by atoms with Gasteiger partial charge in [-0.1, -0.05) is 85.2 Å². The van der Waals surface area contributed by atoms with Gasteiger partial charge in [0.2, 0.25) is 0 Å². The van der Waals surface area contributed by atoms with Gasteiger partial charge in [-0.05, 0) is 144 Å². The molecule has 52 heavy (non-hydrogen) atoms. The molecule has 5 nitrogen and oxygen atoms in total. The summed E-state index contributed by atoms with van der Waals surface area (Å²) < 4.78 is 5.27. The Labute approximate surface area is 325 Å². The van der Waals surface area contributed by atoms with E-state index in [0.29, 0.717) is 11.8 Å². The number of nitrogens with zero attached hydrogens (tertiary/aromatic N) is 2. The molecule has 2 aliphatic carbocycles. The third kappa shape index (κ3) is 12.6. The molecule has 0 spiro atoms. The van der Waals surface area contributed by atoms with Crippen LogP contribution in [0.15, 0.2) is 72.8 Å². The molecule has 0 heterocycles. The van der Waals surface area contributed by atoms with Crippen LogP contribution in [0.2, 0.25) is 29.7 Å². The predicted molar refractivity (Wildman–Crippen MR) is 222 cm³/mol. The first-order chi connectivity index (χ1) is 24.5. The number of benzene rings is 3. The first-order valence-electron chi connectivity index (χ1n) is 18.9. The van der Waals surface area contributed by atoms with E-state index in [4.69, 9.17) is 27.9 Å². The van der Waals surface area contributed by atoms with Crippen molar-refractivity contribution in [2.45, 2.75) is 82.2 Å². The minimum absolute atomic E-state index is 0.201. The summed E-state index contributed by atoms with van der Waals surface area (Å²) in [7, 11) is 8.50. The van der Waals surface area contributed by atoms with Crippen molar-refractivity contribution in [2.24, 2.45) is 23.7 Å². The summed E-state index contributed by atoms with van der Waals surface area (Å²) in [4.78, 5) is 4.36. The lowest BCUT2D eigenvalue weighted by Gasteiger charge is -2.44. The molecule has 0 aliphatic heterocycles. The number of hydrogen-bond acceptors (Lipinski definition) is 5. The minimum atomic E-state index is -1.49. The van der Waals surface area contributed by atoms with E-state index in [-0.39, 0.29) is 11.8 Å². The Kier molecular flexibility index (Phi) is 15.3. The number of hydrogen-bond donors (Lipinski definition) is 2. The van der Waals surface area contributed by atoms with Gasteiger partial charge in [-0.25, -0.2) is 0 Å². The summed E-state index contributed by atoms with van der Waals surface area (Å²) in [6.45, 7) is 8.46. The summed E-state index contributed by atoms with van der Waals surface area (Å²) in [5.41, 5.74) is 5.45. The number of halogens is 2. The Morgan fingerprint density at radius 3 is 1.63 bits per heavy atom. The molecule has 0 amide bonds. The van der Waals surface area contributed by atoms with Crippen LogP contribution in [-0.2, 0) is 18.4 Å².